The third-order valence-corrected chi connectivity index (χ3v) is 4.94. The number of hydrogen-bond acceptors (Lipinski definition) is 2. The molecule has 116 valence electrons. The molecular formula is C18H15BrN2O2. The Morgan fingerprint density at radius 1 is 1.17 bits per heavy atom. The molecule has 0 saturated carbocycles. The van der Waals surface area contributed by atoms with Crippen LogP contribution in [0.3, 0.4) is 0 Å². The Bertz CT molecular complexity index is 847. The van der Waals surface area contributed by atoms with Crippen molar-refractivity contribution in [2.24, 2.45) is 0 Å². The van der Waals surface area contributed by atoms with Crippen LogP contribution >= 0.6 is 15.9 Å². The molecule has 2 aromatic carbocycles. The Morgan fingerprint density at radius 3 is 2.78 bits per heavy atom. The first-order valence-electron chi connectivity index (χ1n) is 7.62. The van der Waals surface area contributed by atoms with Gasteiger partial charge in [0.2, 0.25) is 5.91 Å². The standard InChI is InChI=1S/C18H15BrN2O2/c1-11(22)21-16-8-7-13(19)10-15(16)14-6-2-4-12-5-3-9-20(17(12)14)18(21)23/h2,4,6-8,10H,3,5,9H2,1H3. The van der Waals surface area contributed by atoms with Gasteiger partial charge in [0, 0.05) is 29.1 Å². The van der Waals surface area contributed by atoms with Crippen molar-refractivity contribution in [3.63, 3.8) is 0 Å². The van der Waals surface area contributed by atoms with E-state index in [1.165, 1.54) is 17.4 Å². The molecule has 23 heavy (non-hydrogen) atoms. The largest absolute Gasteiger partial charge is 0.335 e. The lowest BCUT2D eigenvalue weighted by Gasteiger charge is -2.31. The molecule has 0 fully saturated rings. The number of urea groups is 1. The zero-order valence-corrected chi connectivity index (χ0v) is 14.3. The Morgan fingerprint density at radius 2 is 2.00 bits per heavy atom. The minimum Gasteiger partial charge on any atom is -0.293 e. The molecule has 4 rings (SSSR count). The predicted molar refractivity (Wildman–Crippen MR) is 93.8 cm³/mol. The van der Waals surface area contributed by atoms with Crippen molar-refractivity contribution in [3.8, 4) is 11.1 Å². The van der Waals surface area contributed by atoms with Crippen molar-refractivity contribution < 1.29 is 9.59 Å². The minimum absolute atomic E-state index is 0.257. The lowest BCUT2D eigenvalue weighted by atomic mass is 9.94. The summed E-state index contributed by atoms with van der Waals surface area (Å²) < 4.78 is 0.925. The monoisotopic (exact) mass is 370 g/mol. The maximum absolute atomic E-state index is 13.0. The summed E-state index contributed by atoms with van der Waals surface area (Å²) in [7, 11) is 0. The average molecular weight is 371 g/mol. The zero-order chi connectivity index (χ0) is 16.1. The first-order chi connectivity index (χ1) is 11.1. The van der Waals surface area contributed by atoms with Crippen molar-refractivity contribution in [2.75, 3.05) is 16.3 Å². The van der Waals surface area contributed by atoms with E-state index in [9.17, 15) is 9.59 Å². The Labute approximate surface area is 142 Å². The van der Waals surface area contributed by atoms with Crippen molar-refractivity contribution in [1.29, 1.82) is 0 Å². The van der Waals surface area contributed by atoms with E-state index in [1.54, 1.807) is 4.90 Å². The lowest BCUT2D eigenvalue weighted by molar-refractivity contribution is -0.115. The molecule has 0 aliphatic carbocycles. The molecule has 0 aromatic heterocycles. The third kappa shape index (κ3) is 2.10. The Hall–Kier alpha value is -2.14. The molecule has 2 heterocycles. The van der Waals surface area contributed by atoms with Gasteiger partial charge in [0.25, 0.3) is 0 Å². The van der Waals surface area contributed by atoms with Crippen molar-refractivity contribution >= 4 is 39.2 Å². The van der Waals surface area contributed by atoms with E-state index in [-0.39, 0.29) is 11.9 Å². The summed E-state index contributed by atoms with van der Waals surface area (Å²) in [5.74, 6) is -0.265. The number of halogens is 1. The molecule has 2 aromatic rings. The number of amides is 3. The van der Waals surface area contributed by atoms with E-state index in [2.05, 4.69) is 22.0 Å². The summed E-state index contributed by atoms with van der Waals surface area (Å²) in [6.07, 6.45) is 1.87. The van der Waals surface area contributed by atoms with E-state index in [0.717, 1.165) is 34.1 Å². The van der Waals surface area contributed by atoms with E-state index in [1.807, 2.05) is 30.3 Å². The minimum atomic E-state index is -0.265. The number of rotatable bonds is 0. The second kappa shape index (κ2) is 5.20. The number of fused-ring (bicyclic) bond motifs is 2. The molecule has 0 radical (unpaired) electrons. The molecule has 0 N–H and O–H groups in total. The van der Waals surface area contributed by atoms with Gasteiger partial charge in [-0.05, 0) is 36.6 Å². The lowest BCUT2D eigenvalue weighted by Crippen LogP contribution is -2.47. The fourth-order valence-corrected chi connectivity index (χ4v) is 3.87. The molecule has 0 atom stereocenters. The summed E-state index contributed by atoms with van der Waals surface area (Å²) in [6, 6.07) is 11.5. The summed E-state index contributed by atoms with van der Waals surface area (Å²) in [4.78, 5) is 28.3. The number of anilines is 2. The van der Waals surface area contributed by atoms with Gasteiger partial charge in [-0.2, -0.15) is 0 Å². The van der Waals surface area contributed by atoms with Gasteiger partial charge < -0.3 is 0 Å². The van der Waals surface area contributed by atoms with Crippen LogP contribution in [0, 0.1) is 0 Å². The van der Waals surface area contributed by atoms with Gasteiger partial charge in [-0.15, -0.1) is 0 Å². The fraction of sp³-hybridized carbons (Fsp3) is 0.222. The van der Waals surface area contributed by atoms with Gasteiger partial charge >= 0.3 is 6.03 Å². The van der Waals surface area contributed by atoms with Crippen molar-refractivity contribution in [3.05, 3.63) is 46.4 Å². The molecule has 2 aliphatic heterocycles. The highest BCUT2D eigenvalue weighted by molar-refractivity contribution is 9.10. The first-order valence-corrected chi connectivity index (χ1v) is 8.41. The molecule has 0 spiro atoms. The molecule has 0 saturated heterocycles. The molecule has 4 nitrogen and oxygen atoms in total. The topological polar surface area (TPSA) is 40.6 Å². The number of para-hydroxylation sites is 1. The highest BCUT2D eigenvalue weighted by Gasteiger charge is 2.36. The van der Waals surface area contributed by atoms with Gasteiger partial charge in [-0.25, -0.2) is 9.69 Å². The predicted octanol–water partition coefficient (Wildman–Crippen LogP) is 4.36. The van der Waals surface area contributed by atoms with Gasteiger partial charge in [0.05, 0.1) is 11.4 Å². The van der Waals surface area contributed by atoms with Crippen molar-refractivity contribution in [1.82, 2.24) is 0 Å². The SMILES string of the molecule is CC(=O)N1C(=O)N2CCCc3cccc(c32)-c2cc(Br)ccc21. The van der Waals surface area contributed by atoms with E-state index in [4.69, 9.17) is 0 Å². The molecule has 3 amide bonds. The second-order valence-corrected chi connectivity index (χ2v) is 6.78. The quantitative estimate of drug-likeness (QED) is 0.691. The number of nitrogens with zero attached hydrogens (tertiary/aromatic N) is 2. The maximum atomic E-state index is 13.0. The van der Waals surface area contributed by atoms with Crippen LogP contribution in [0.1, 0.15) is 18.9 Å². The third-order valence-electron chi connectivity index (χ3n) is 4.44. The van der Waals surface area contributed by atoms with Crippen LogP contribution in [0.4, 0.5) is 16.2 Å². The molecule has 2 aliphatic rings. The Kier molecular flexibility index (Phi) is 3.27. The summed E-state index contributed by atoms with van der Waals surface area (Å²) in [5, 5.41) is 0. The van der Waals surface area contributed by atoms with E-state index < -0.39 is 0 Å². The number of hydrogen-bond donors (Lipinski definition) is 0. The van der Waals surface area contributed by atoms with Crippen LogP contribution < -0.4 is 9.80 Å². The summed E-state index contributed by atoms with van der Waals surface area (Å²) in [5.41, 5.74) is 4.68. The number of aryl methyl sites for hydroxylation is 1. The first kappa shape index (κ1) is 14.5. The molecule has 0 bridgehead atoms. The van der Waals surface area contributed by atoms with Gasteiger partial charge in [0.1, 0.15) is 0 Å². The number of carbonyl (C=O) groups excluding carboxylic acids is 2. The average Bonchev–Trinajstić information content (AvgIpc) is 2.64. The van der Waals surface area contributed by atoms with Crippen LogP contribution in [0.15, 0.2) is 40.9 Å². The van der Waals surface area contributed by atoms with Crippen LogP contribution in [0.2, 0.25) is 0 Å². The van der Waals surface area contributed by atoms with E-state index >= 15 is 0 Å². The fourth-order valence-electron chi connectivity index (χ4n) is 3.51. The Balaban J connectivity index is 2.09. The molecule has 0 unspecified atom stereocenters. The summed E-state index contributed by atoms with van der Waals surface area (Å²) >= 11 is 3.50. The second-order valence-electron chi connectivity index (χ2n) is 5.87. The van der Waals surface area contributed by atoms with Gasteiger partial charge in [-0.1, -0.05) is 34.1 Å². The number of imide groups is 1. The van der Waals surface area contributed by atoms with Crippen LogP contribution in [-0.4, -0.2) is 18.5 Å². The smallest absolute Gasteiger partial charge is 0.293 e. The van der Waals surface area contributed by atoms with Crippen LogP contribution in [0.5, 0.6) is 0 Å². The highest BCUT2D eigenvalue weighted by atomic mass is 79.9. The zero-order valence-electron chi connectivity index (χ0n) is 12.7. The molecule has 5 heteroatoms. The van der Waals surface area contributed by atoms with Crippen molar-refractivity contribution in [2.45, 2.75) is 19.8 Å². The van der Waals surface area contributed by atoms with E-state index in [0.29, 0.717) is 12.2 Å². The number of benzene rings is 2. The van der Waals surface area contributed by atoms with Gasteiger partial charge in [-0.3, -0.25) is 9.69 Å². The normalized spacial score (nSPS) is 15.8. The van der Waals surface area contributed by atoms with Crippen LogP contribution in [0.25, 0.3) is 11.1 Å². The highest BCUT2D eigenvalue weighted by Crippen LogP contribution is 2.45. The van der Waals surface area contributed by atoms with Gasteiger partial charge in [0.15, 0.2) is 0 Å². The number of carbonyl (C=O) groups is 2. The molecular weight excluding hydrogens is 356 g/mol. The maximum Gasteiger partial charge on any atom is 0.335 e. The van der Waals surface area contributed by atoms with Crippen LogP contribution in [-0.2, 0) is 11.2 Å². The summed E-state index contributed by atoms with van der Waals surface area (Å²) in [6.45, 7) is 2.08.